The van der Waals surface area contributed by atoms with Crippen molar-refractivity contribution in [2.45, 2.75) is 50.3 Å². The molecule has 0 saturated heterocycles. The number of fused-ring (bicyclic) bond motifs is 1. The van der Waals surface area contributed by atoms with Crippen molar-refractivity contribution in [1.82, 2.24) is 15.4 Å². The number of guanidine groups is 1. The minimum absolute atomic E-state index is 0. The molecular weight excluding hydrogens is 527 g/mol. The van der Waals surface area contributed by atoms with Crippen LogP contribution in [0.5, 0.6) is 5.75 Å². The standard InChI is InChI=1S/C22H30N4O3S.HI/c1-5-24-21(25-15-16-10-12-17(13-11-16)30(27,28)23-4)26-19-14-22(2,3)29-20-9-7-6-8-18(19)20;/h6-13,19,23H,5,14-15H2,1-4H3,(H2,24,25,26);1H. The molecule has 9 heteroatoms. The lowest BCUT2D eigenvalue weighted by Gasteiger charge is -2.38. The van der Waals surface area contributed by atoms with Gasteiger partial charge in [-0.3, -0.25) is 0 Å². The minimum atomic E-state index is -3.44. The number of ether oxygens (including phenoxy) is 1. The highest BCUT2D eigenvalue weighted by Crippen LogP contribution is 2.39. The van der Waals surface area contributed by atoms with Gasteiger partial charge in [0.25, 0.3) is 0 Å². The number of hydrogen-bond acceptors (Lipinski definition) is 4. The van der Waals surface area contributed by atoms with Crippen LogP contribution in [-0.2, 0) is 16.6 Å². The van der Waals surface area contributed by atoms with E-state index in [0.717, 1.165) is 29.8 Å². The molecule has 3 rings (SSSR count). The third kappa shape index (κ3) is 6.56. The first kappa shape index (κ1) is 25.4. The molecule has 1 aliphatic heterocycles. The van der Waals surface area contributed by atoms with Crippen LogP contribution in [0, 0.1) is 0 Å². The first-order valence-electron chi connectivity index (χ1n) is 10.1. The minimum Gasteiger partial charge on any atom is -0.487 e. The van der Waals surface area contributed by atoms with Crippen LogP contribution in [0.2, 0.25) is 0 Å². The summed E-state index contributed by atoms with van der Waals surface area (Å²) in [7, 11) is -2.04. The number of para-hydroxylation sites is 1. The number of hydrogen-bond donors (Lipinski definition) is 3. The summed E-state index contributed by atoms with van der Waals surface area (Å²) in [4.78, 5) is 4.94. The second kappa shape index (κ2) is 10.6. The summed E-state index contributed by atoms with van der Waals surface area (Å²) in [6, 6.07) is 14.9. The molecule has 0 saturated carbocycles. The van der Waals surface area contributed by atoms with E-state index in [1.807, 2.05) is 25.1 Å². The lowest BCUT2D eigenvalue weighted by atomic mass is 9.90. The molecule has 1 unspecified atom stereocenters. The molecular formula is C22H31IN4O3S. The third-order valence-electron chi connectivity index (χ3n) is 4.95. The zero-order valence-corrected chi connectivity index (χ0v) is 21.5. The van der Waals surface area contributed by atoms with E-state index in [-0.39, 0.29) is 40.5 Å². The van der Waals surface area contributed by atoms with Crippen molar-refractivity contribution in [2.24, 2.45) is 4.99 Å². The fraction of sp³-hybridized carbons (Fsp3) is 0.409. The molecule has 0 aliphatic carbocycles. The average Bonchev–Trinajstić information content (AvgIpc) is 2.71. The highest BCUT2D eigenvalue weighted by molar-refractivity contribution is 14.0. The monoisotopic (exact) mass is 558 g/mol. The molecule has 0 fully saturated rings. The molecule has 2 aromatic carbocycles. The van der Waals surface area contributed by atoms with Crippen molar-refractivity contribution >= 4 is 40.0 Å². The van der Waals surface area contributed by atoms with Gasteiger partial charge in [0.1, 0.15) is 11.4 Å². The van der Waals surface area contributed by atoms with Gasteiger partial charge in [-0.1, -0.05) is 30.3 Å². The quantitative estimate of drug-likeness (QED) is 0.287. The van der Waals surface area contributed by atoms with Gasteiger partial charge in [0.15, 0.2) is 5.96 Å². The zero-order chi connectivity index (χ0) is 21.8. The number of halogens is 1. The molecule has 170 valence electrons. The molecule has 2 aromatic rings. The Hall–Kier alpha value is -1.85. The summed E-state index contributed by atoms with van der Waals surface area (Å²) in [5.74, 6) is 1.60. The molecule has 3 N–H and O–H groups in total. The lowest BCUT2D eigenvalue weighted by molar-refractivity contribution is 0.0694. The highest BCUT2D eigenvalue weighted by Gasteiger charge is 2.33. The SMILES string of the molecule is CCNC(=NCc1ccc(S(=O)(=O)NC)cc1)NC1CC(C)(C)Oc2ccccc21.I. The number of benzene rings is 2. The number of sulfonamides is 1. The third-order valence-corrected chi connectivity index (χ3v) is 6.38. The highest BCUT2D eigenvalue weighted by atomic mass is 127. The predicted molar refractivity (Wildman–Crippen MR) is 135 cm³/mol. The maximum atomic E-state index is 11.9. The summed E-state index contributed by atoms with van der Waals surface area (Å²) in [6.07, 6.45) is 0.811. The summed E-state index contributed by atoms with van der Waals surface area (Å²) >= 11 is 0. The molecule has 1 aliphatic rings. The topological polar surface area (TPSA) is 91.8 Å². The van der Waals surface area contributed by atoms with Crippen LogP contribution >= 0.6 is 24.0 Å². The predicted octanol–water partition coefficient (Wildman–Crippen LogP) is 3.57. The van der Waals surface area contributed by atoms with Gasteiger partial charge < -0.3 is 15.4 Å². The molecule has 0 amide bonds. The molecule has 0 spiro atoms. The van der Waals surface area contributed by atoms with Gasteiger partial charge in [0.2, 0.25) is 10.0 Å². The smallest absolute Gasteiger partial charge is 0.240 e. The second-order valence-corrected chi connectivity index (χ2v) is 9.73. The Morgan fingerprint density at radius 1 is 1.16 bits per heavy atom. The van der Waals surface area contributed by atoms with E-state index in [1.165, 1.54) is 7.05 Å². The molecule has 0 aromatic heterocycles. The van der Waals surface area contributed by atoms with Gasteiger partial charge in [-0.05, 0) is 51.6 Å². The van der Waals surface area contributed by atoms with Gasteiger partial charge in [-0.2, -0.15) is 0 Å². The van der Waals surface area contributed by atoms with E-state index in [9.17, 15) is 8.42 Å². The van der Waals surface area contributed by atoms with E-state index < -0.39 is 10.0 Å². The van der Waals surface area contributed by atoms with E-state index in [4.69, 9.17) is 9.73 Å². The summed E-state index contributed by atoms with van der Waals surface area (Å²) in [5.41, 5.74) is 1.76. The van der Waals surface area contributed by atoms with Crippen LogP contribution in [0.1, 0.15) is 44.4 Å². The molecule has 0 radical (unpaired) electrons. The van der Waals surface area contributed by atoms with Gasteiger partial charge in [-0.15, -0.1) is 24.0 Å². The van der Waals surface area contributed by atoms with Crippen molar-refractivity contribution in [1.29, 1.82) is 0 Å². The Morgan fingerprint density at radius 3 is 2.48 bits per heavy atom. The Balaban J connectivity index is 0.00000341. The van der Waals surface area contributed by atoms with Gasteiger partial charge >= 0.3 is 0 Å². The summed E-state index contributed by atoms with van der Waals surface area (Å²) in [5, 5.41) is 6.83. The van der Waals surface area contributed by atoms with Crippen LogP contribution in [-0.4, -0.2) is 33.6 Å². The van der Waals surface area contributed by atoms with Crippen LogP contribution in [0.3, 0.4) is 0 Å². The van der Waals surface area contributed by atoms with Crippen molar-refractivity contribution in [3.8, 4) is 5.75 Å². The number of aliphatic imine (C=N–C) groups is 1. The number of nitrogens with zero attached hydrogens (tertiary/aromatic N) is 1. The Morgan fingerprint density at radius 2 is 1.84 bits per heavy atom. The van der Waals surface area contributed by atoms with Crippen molar-refractivity contribution in [2.75, 3.05) is 13.6 Å². The van der Waals surface area contributed by atoms with Crippen molar-refractivity contribution in [3.05, 3.63) is 59.7 Å². The number of rotatable bonds is 6. The summed E-state index contributed by atoms with van der Waals surface area (Å²) in [6.45, 7) is 7.37. The molecule has 1 atom stereocenters. The van der Waals surface area contributed by atoms with E-state index in [2.05, 4.69) is 35.3 Å². The first-order chi connectivity index (χ1) is 14.2. The van der Waals surface area contributed by atoms with Crippen LogP contribution in [0.25, 0.3) is 0 Å². The molecule has 31 heavy (non-hydrogen) atoms. The fourth-order valence-electron chi connectivity index (χ4n) is 3.48. The van der Waals surface area contributed by atoms with Gasteiger partial charge in [0, 0.05) is 18.5 Å². The Kier molecular flexibility index (Phi) is 8.73. The van der Waals surface area contributed by atoms with Gasteiger partial charge in [-0.25, -0.2) is 18.1 Å². The zero-order valence-electron chi connectivity index (χ0n) is 18.3. The van der Waals surface area contributed by atoms with Crippen molar-refractivity contribution < 1.29 is 13.2 Å². The molecule has 0 bridgehead atoms. The maximum Gasteiger partial charge on any atom is 0.240 e. The Bertz CT molecular complexity index is 1010. The van der Waals surface area contributed by atoms with Crippen LogP contribution in [0.4, 0.5) is 0 Å². The fourth-order valence-corrected chi connectivity index (χ4v) is 4.21. The van der Waals surface area contributed by atoms with Crippen LogP contribution in [0.15, 0.2) is 58.4 Å². The number of nitrogens with one attached hydrogen (secondary N) is 3. The first-order valence-corrected chi connectivity index (χ1v) is 11.6. The van der Waals surface area contributed by atoms with Crippen LogP contribution < -0.4 is 20.1 Å². The van der Waals surface area contributed by atoms with E-state index in [0.29, 0.717) is 12.5 Å². The van der Waals surface area contributed by atoms with E-state index >= 15 is 0 Å². The Labute approximate surface area is 202 Å². The maximum absolute atomic E-state index is 11.9. The second-order valence-electron chi connectivity index (χ2n) is 7.85. The normalized spacial score (nSPS) is 17.7. The van der Waals surface area contributed by atoms with E-state index in [1.54, 1.807) is 24.3 Å². The largest absolute Gasteiger partial charge is 0.487 e. The van der Waals surface area contributed by atoms with Gasteiger partial charge in [0.05, 0.1) is 17.5 Å². The average molecular weight is 558 g/mol. The molecule has 1 heterocycles. The summed E-state index contributed by atoms with van der Waals surface area (Å²) < 4.78 is 32.2. The lowest BCUT2D eigenvalue weighted by Crippen LogP contribution is -2.45. The van der Waals surface area contributed by atoms with Crippen molar-refractivity contribution in [3.63, 3.8) is 0 Å². The molecule has 7 nitrogen and oxygen atoms in total.